The fourth-order valence-electron chi connectivity index (χ4n) is 2.27. The molecule has 1 aromatic carbocycles. The molecule has 2 rings (SSSR count). The number of nitrogens with zero attached hydrogens (tertiary/aromatic N) is 1. The van der Waals surface area contributed by atoms with E-state index in [9.17, 15) is 0 Å². The molecule has 90 valence electrons. The van der Waals surface area contributed by atoms with E-state index in [4.69, 9.17) is 16.9 Å². The predicted molar refractivity (Wildman–Crippen MR) is 71.2 cm³/mol. The summed E-state index contributed by atoms with van der Waals surface area (Å²) in [6.45, 7) is 3.19. The molecule has 17 heavy (non-hydrogen) atoms. The van der Waals surface area contributed by atoms with E-state index in [1.165, 1.54) is 25.7 Å². The van der Waals surface area contributed by atoms with Crippen LogP contribution < -0.4 is 5.32 Å². The van der Waals surface area contributed by atoms with E-state index in [1.54, 1.807) is 6.07 Å². The van der Waals surface area contributed by atoms with E-state index >= 15 is 0 Å². The van der Waals surface area contributed by atoms with Gasteiger partial charge in [0, 0.05) is 11.6 Å². The molecular weight excluding hydrogens is 232 g/mol. The molecule has 1 aromatic rings. The van der Waals surface area contributed by atoms with Crippen molar-refractivity contribution in [2.24, 2.45) is 5.41 Å². The molecule has 0 spiro atoms. The molecule has 0 unspecified atom stereocenters. The van der Waals surface area contributed by atoms with Crippen LogP contribution in [0.1, 0.15) is 38.2 Å². The minimum atomic E-state index is 0.487. The maximum Gasteiger partial charge on any atom is 0.101 e. The first-order valence-corrected chi connectivity index (χ1v) is 6.50. The Hall–Kier alpha value is -1.20. The Morgan fingerprint density at radius 1 is 1.47 bits per heavy atom. The number of nitrogens with one attached hydrogen (secondary N) is 1. The first kappa shape index (κ1) is 12.3. The third-order valence-corrected chi connectivity index (χ3v) is 3.73. The van der Waals surface area contributed by atoms with Gasteiger partial charge in [-0.1, -0.05) is 24.9 Å². The summed E-state index contributed by atoms with van der Waals surface area (Å²) >= 11 is 5.87. The molecule has 0 atom stereocenters. The predicted octanol–water partition coefficient (Wildman–Crippen LogP) is 4.20. The molecule has 1 aliphatic rings. The molecule has 0 aromatic heterocycles. The smallest absolute Gasteiger partial charge is 0.101 e. The molecule has 1 N–H and O–H groups in total. The largest absolute Gasteiger partial charge is 0.383 e. The molecule has 1 saturated carbocycles. The fraction of sp³-hybridized carbons (Fsp3) is 0.500. The molecule has 0 bridgehead atoms. The summed E-state index contributed by atoms with van der Waals surface area (Å²) in [5.41, 5.74) is 2.02. The zero-order chi connectivity index (χ0) is 12.3. The Morgan fingerprint density at radius 2 is 2.24 bits per heavy atom. The van der Waals surface area contributed by atoms with E-state index in [2.05, 4.69) is 18.3 Å². The maximum absolute atomic E-state index is 9.04. The van der Waals surface area contributed by atoms with Crippen molar-refractivity contribution in [2.75, 3.05) is 11.9 Å². The summed E-state index contributed by atoms with van der Waals surface area (Å²) in [5.74, 6) is 0. The van der Waals surface area contributed by atoms with Crippen LogP contribution >= 0.6 is 11.6 Å². The van der Waals surface area contributed by atoms with Crippen molar-refractivity contribution in [3.63, 3.8) is 0 Å². The van der Waals surface area contributed by atoms with Gasteiger partial charge in [0.1, 0.15) is 6.07 Å². The van der Waals surface area contributed by atoms with Crippen LogP contribution in [0.4, 0.5) is 5.69 Å². The van der Waals surface area contributed by atoms with Gasteiger partial charge in [0.2, 0.25) is 0 Å². The second-order valence-electron chi connectivity index (χ2n) is 4.91. The summed E-state index contributed by atoms with van der Waals surface area (Å²) in [4.78, 5) is 0. The van der Waals surface area contributed by atoms with Gasteiger partial charge in [0.15, 0.2) is 0 Å². The van der Waals surface area contributed by atoms with Crippen LogP contribution in [-0.2, 0) is 0 Å². The molecule has 0 amide bonds. The van der Waals surface area contributed by atoms with Crippen LogP contribution in [0.5, 0.6) is 0 Å². The fourth-order valence-corrected chi connectivity index (χ4v) is 2.44. The second-order valence-corrected chi connectivity index (χ2v) is 5.34. The first-order valence-electron chi connectivity index (χ1n) is 6.13. The van der Waals surface area contributed by atoms with E-state index in [-0.39, 0.29) is 0 Å². The minimum absolute atomic E-state index is 0.487. The zero-order valence-electron chi connectivity index (χ0n) is 10.1. The lowest BCUT2D eigenvalue weighted by Gasteiger charge is -2.16. The lowest BCUT2D eigenvalue weighted by Crippen LogP contribution is -2.15. The average Bonchev–Trinajstić information content (AvgIpc) is 3.08. The van der Waals surface area contributed by atoms with Crippen LogP contribution in [0, 0.1) is 16.7 Å². The summed E-state index contributed by atoms with van der Waals surface area (Å²) in [5, 5.41) is 13.1. The van der Waals surface area contributed by atoms with E-state index < -0.39 is 0 Å². The summed E-state index contributed by atoms with van der Waals surface area (Å²) in [6, 6.07) is 7.61. The van der Waals surface area contributed by atoms with Crippen molar-refractivity contribution in [3.8, 4) is 6.07 Å². The van der Waals surface area contributed by atoms with Gasteiger partial charge in [0.05, 0.1) is 11.3 Å². The molecule has 0 radical (unpaired) electrons. The van der Waals surface area contributed by atoms with Crippen LogP contribution in [-0.4, -0.2) is 6.54 Å². The van der Waals surface area contributed by atoms with Crippen LogP contribution in [0.25, 0.3) is 0 Å². The van der Waals surface area contributed by atoms with Gasteiger partial charge < -0.3 is 5.32 Å². The Labute approximate surface area is 108 Å². The van der Waals surface area contributed by atoms with Gasteiger partial charge in [-0.25, -0.2) is 0 Å². The number of anilines is 1. The Kier molecular flexibility index (Phi) is 3.59. The van der Waals surface area contributed by atoms with Crippen molar-refractivity contribution in [1.82, 2.24) is 0 Å². The molecule has 1 fully saturated rings. The number of benzene rings is 1. The number of halogens is 1. The summed E-state index contributed by atoms with van der Waals surface area (Å²) < 4.78 is 0. The minimum Gasteiger partial charge on any atom is -0.383 e. The van der Waals surface area contributed by atoms with E-state index in [1.807, 2.05) is 12.1 Å². The first-order chi connectivity index (χ1) is 8.19. The lowest BCUT2D eigenvalue weighted by molar-refractivity contribution is 0.485. The molecule has 0 heterocycles. The Morgan fingerprint density at radius 3 is 2.82 bits per heavy atom. The van der Waals surface area contributed by atoms with Crippen molar-refractivity contribution < 1.29 is 0 Å². The second kappa shape index (κ2) is 4.98. The summed E-state index contributed by atoms with van der Waals surface area (Å²) in [6.07, 6.45) is 5.12. The molecule has 2 nitrogen and oxygen atoms in total. The third-order valence-electron chi connectivity index (χ3n) is 3.49. The quantitative estimate of drug-likeness (QED) is 0.848. The van der Waals surface area contributed by atoms with Crippen molar-refractivity contribution in [1.29, 1.82) is 5.26 Å². The lowest BCUT2D eigenvalue weighted by atomic mass is 10.0. The standard InChI is InChI=1S/C14H17ClN2/c1-2-5-14(6-7-14)10-17-13-4-3-12(15)8-11(13)9-16/h3-4,8,17H,2,5-7,10H2,1H3. The SMILES string of the molecule is CCCC1(CNc2ccc(Cl)cc2C#N)CC1. The Balaban J connectivity index is 2.02. The number of rotatable bonds is 5. The average molecular weight is 249 g/mol. The molecule has 0 aliphatic heterocycles. The van der Waals surface area contributed by atoms with Crippen molar-refractivity contribution in [2.45, 2.75) is 32.6 Å². The number of hydrogen-bond donors (Lipinski definition) is 1. The molecule has 3 heteroatoms. The normalized spacial score (nSPS) is 16.3. The molecule has 0 saturated heterocycles. The van der Waals surface area contributed by atoms with Gasteiger partial charge in [0.25, 0.3) is 0 Å². The highest BCUT2D eigenvalue weighted by Gasteiger charge is 2.41. The summed E-state index contributed by atoms with van der Waals surface area (Å²) in [7, 11) is 0. The van der Waals surface area contributed by atoms with Gasteiger partial charge in [-0.15, -0.1) is 0 Å². The highest BCUT2D eigenvalue weighted by molar-refractivity contribution is 6.30. The van der Waals surface area contributed by atoms with Crippen LogP contribution in [0.3, 0.4) is 0 Å². The van der Waals surface area contributed by atoms with Gasteiger partial charge in [-0.05, 0) is 42.9 Å². The number of hydrogen-bond acceptors (Lipinski definition) is 2. The highest BCUT2D eigenvalue weighted by atomic mass is 35.5. The topological polar surface area (TPSA) is 35.8 Å². The van der Waals surface area contributed by atoms with Gasteiger partial charge >= 0.3 is 0 Å². The van der Waals surface area contributed by atoms with Crippen molar-refractivity contribution in [3.05, 3.63) is 28.8 Å². The molecular formula is C14H17ClN2. The van der Waals surface area contributed by atoms with Crippen molar-refractivity contribution >= 4 is 17.3 Å². The highest BCUT2D eigenvalue weighted by Crippen LogP contribution is 2.49. The van der Waals surface area contributed by atoms with Crippen LogP contribution in [0.2, 0.25) is 5.02 Å². The molecule has 1 aliphatic carbocycles. The maximum atomic E-state index is 9.04. The number of nitriles is 1. The Bertz CT molecular complexity index is 444. The zero-order valence-corrected chi connectivity index (χ0v) is 10.8. The van der Waals surface area contributed by atoms with Crippen LogP contribution in [0.15, 0.2) is 18.2 Å². The van der Waals surface area contributed by atoms with E-state index in [0.717, 1.165) is 12.2 Å². The van der Waals surface area contributed by atoms with E-state index in [0.29, 0.717) is 16.0 Å². The third kappa shape index (κ3) is 2.92. The monoisotopic (exact) mass is 248 g/mol. The van der Waals surface area contributed by atoms with Gasteiger partial charge in [-0.3, -0.25) is 0 Å². The van der Waals surface area contributed by atoms with Gasteiger partial charge in [-0.2, -0.15) is 5.26 Å².